The second-order valence-electron chi connectivity index (χ2n) is 7.03. The SMILES string of the molecule is COCCN(CCOC)CC(C)(C)CNC(C)(C)C. The van der Waals surface area contributed by atoms with Crippen molar-refractivity contribution in [3.63, 3.8) is 0 Å². The third-order valence-corrected chi connectivity index (χ3v) is 2.97. The van der Waals surface area contributed by atoms with E-state index in [2.05, 4.69) is 44.8 Å². The van der Waals surface area contributed by atoms with E-state index in [0.29, 0.717) is 0 Å². The van der Waals surface area contributed by atoms with Crippen LogP contribution in [-0.4, -0.2) is 64.1 Å². The predicted octanol–water partition coefficient (Wildman–Crippen LogP) is 2.00. The van der Waals surface area contributed by atoms with E-state index in [-0.39, 0.29) is 11.0 Å². The maximum absolute atomic E-state index is 5.18. The van der Waals surface area contributed by atoms with Gasteiger partial charge in [0.1, 0.15) is 0 Å². The van der Waals surface area contributed by atoms with Crippen LogP contribution in [0.5, 0.6) is 0 Å². The molecule has 0 unspecified atom stereocenters. The van der Waals surface area contributed by atoms with Crippen LogP contribution in [0.2, 0.25) is 0 Å². The molecule has 0 atom stereocenters. The van der Waals surface area contributed by atoms with Gasteiger partial charge in [-0.2, -0.15) is 0 Å². The Morgan fingerprint density at radius 1 is 0.895 bits per heavy atom. The second-order valence-corrected chi connectivity index (χ2v) is 7.03. The molecule has 0 saturated heterocycles. The zero-order valence-corrected chi connectivity index (χ0v) is 14.0. The highest BCUT2D eigenvalue weighted by atomic mass is 16.5. The Bertz CT molecular complexity index is 217. The Kier molecular flexibility index (Phi) is 8.83. The molecule has 0 aromatic carbocycles. The summed E-state index contributed by atoms with van der Waals surface area (Å²) in [5, 5.41) is 3.59. The first-order valence-electron chi connectivity index (χ1n) is 7.15. The zero-order valence-electron chi connectivity index (χ0n) is 14.0. The maximum atomic E-state index is 5.18. The van der Waals surface area contributed by atoms with Gasteiger partial charge in [-0.05, 0) is 26.2 Å². The largest absolute Gasteiger partial charge is 0.383 e. The van der Waals surface area contributed by atoms with E-state index in [1.54, 1.807) is 14.2 Å². The van der Waals surface area contributed by atoms with E-state index < -0.39 is 0 Å². The van der Waals surface area contributed by atoms with Gasteiger partial charge in [0.05, 0.1) is 13.2 Å². The van der Waals surface area contributed by atoms with Crippen LogP contribution in [0.3, 0.4) is 0 Å². The number of nitrogens with one attached hydrogen (secondary N) is 1. The lowest BCUT2D eigenvalue weighted by Crippen LogP contribution is -2.47. The van der Waals surface area contributed by atoms with E-state index in [0.717, 1.165) is 39.4 Å². The van der Waals surface area contributed by atoms with Crippen molar-refractivity contribution in [1.29, 1.82) is 0 Å². The van der Waals surface area contributed by atoms with E-state index >= 15 is 0 Å². The molecule has 0 bridgehead atoms. The molecule has 0 aromatic heterocycles. The minimum Gasteiger partial charge on any atom is -0.383 e. The molecule has 1 N–H and O–H groups in total. The topological polar surface area (TPSA) is 33.7 Å². The fraction of sp³-hybridized carbons (Fsp3) is 1.00. The fourth-order valence-corrected chi connectivity index (χ4v) is 1.88. The van der Waals surface area contributed by atoms with Crippen molar-refractivity contribution < 1.29 is 9.47 Å². The summed E-state index contributed by atoms with van der Waals surface area (Å²) in [6, 6.07) is 0. The monoisotopic (exact) mass is 274 g/mol. The molecule has 4 nitrogen and oxygen atoms in total. The molecule has 0 spiro atoms. The first kappa shape index (κ1) is 18.8. The van der Waals surface area contributed by atoms with Crippen molar-refractivity contribution in [1.82, 2.24) is 10.2 Å². The van der Waals surface area contributed by atoms with Gasteiger partial charge >= 0.3 is 0 Å². The highest BCUT2D eigenvalue weighted by molar-refractivity contribution is 4.81. The van der Waals surface area contributed by atoms with Crippen molar-refractivity contribution in [3.05, 3.63) is 0 Å². The molecule has 0 aromatic rings. The molecule has 0 aliphatic heterocycles. The molecule has 0 heterocycles. The van der Waals surface area contributed by atoms with Crippen LogP contribution in [0, 0.1) is 5.41 Å². The third kappa shape index (κ3) is 11.4. The minimum atomic E-state index is 0.168. The summed E-state index contributed by atoms with van der Waals surface area (Å²) >= 11 is 0. The van der Waals surface area contributed by atoms with Crippen molar-refractivity contribution in [2.45, 2.75) is 40.2 Å². The quantitative estimate of drug-likeness (QED) is 0.660. The normalized spacial score (nSPS) is 13.3. The van der Waals surface area contributed by atoms with Gasteiger partial charge in [0.25, 0.3) is 0 Å². The molecule has 116 valence electrons. The Labute approximate surface area is 119 Å². The maximum Gasteiger partial charge on any atom is 0.0589 e. The Balaban J connectivity index is 4.27. The van der Waals surface area contributed by atoms with Gasteiger partial charge in [-0.15, -0.1) is 0 Å². The van der Waals surface area contributed by atoms with Crippen LogP contribution >= 0.6 is 0 Å². The molecule has 0 saturated carbocycles. The summed E-state index contributed by atoms with van der Waals surface area (Å²) in [5.41, 5.74) is 0.399. The molecule has 0 aliphatic rings. The first-order valence-corrected chi connectivity index (χ1v) is 7.15. The number of hydrogen-bond acceptors (Lipinski definition) is 4. The molecular formula is C15H34N2O2. The Morgan fingerprint density at radius 2 is 1.37 bits per heavy atom. The van der Waals surface area contributed by atoms with E-state index in [4.69, 9.17) is 9.47 Å². The van der Waals surface area contributed by atoms with Crippen LogP contribution in [0.15, 0.2) is 0 Å². The van der Waals surface area contributed by atoms with E-state index in [1.165, 1.54) is 0 Å². The van der Waals surface area contributed by atoms with Gasteiger partial charge in [0.2, 0.25) is 0 Å². The van der Waals surface area contributed by atoms with Crippen LogP contribution in [0.25, 0.3) is 0 Å². The highest BCUT2D eigenvalue weighted by Crippen LogP contribution is 2.17. The summed E-state index contributed by atoms with van der Waals surface area (Å²) in [4.78, 5) is 2.41. The van der Waals surface area contributed by atoms with Crippen molar-refractivity contribution in [2.24, 2.45) is 5.41 Å². The van der Waals surface area contributed by atoms with Gasteiger partial charge in [0, 0.05) is 45.9 Å². The van der Waals surface area contributed by atoms with Gasteiger partial charge in [0.15, 0.2) is 0 Å². The number of ether oxygens (including phenoxy) is 2. The van der Waals surface area contributed by atoms with Crippen LogP contribution in [0.1, 0.15) is 34.6 Å². The Morgan fingerprint density at radius 3 is 1.74 bits per heavy atom. The van der Waals surface area contributed by atoms with Crippen molar-refractivity contribution in [3.8, 4) is 0 Å². The number of nitrogens with zero attached hydrogens (tertiary/aromatic N) is 1. The lowest BCUT2D eigenvalue weighted by Gasteiger charge is -2.35. The molecule has 0 amide bonds. The van der Waals surface area contributed by atoms with Crippen molar-refractivity contribution in [2.75, 3.05) is 53.6 Å². The summed E-state index contributed by atoms with van der Waals surface area (Å²) in [7, 11) is 3.50. The van der Waals surface area contributed by atoms with E-state index in [9.17, 15) is 0 Å². The predicted molar refractivity (Wildman–Crippen MR) is 81.7 cm³/mol. The molecule has 4 heteroatoms. The zero-order chi connectivity index (χ0) is 14.9. The second kappa shape index (κ2) is 8.90. The third-order valence-electron chi connectivity index (χ3n) is 2.97. The standard InChI is InChI=1S/C15H34N2O2/c1-14(2,3)16-12-15(4,5)13-17(8-10-18-6)9-11-19-7/h16H,8-13H2,1-7H3. The van der Waals surface area contributed by atoms with Crippen LogP contribution < -0.4 is 5.32 Å². The number of methoxy groups -OCH3 is 2. The van der Waals surface area contributed by atoms with Gasteiger partial charge in [-0.1, -0.05) is 13.8 Å². The smallest absolute Gasteiger partial charge is 0.0589 e. The Hall–Kier alpha value is -0.160. The molecule has 0 aliphatic carbocycles. The van der Waals surface area contributed by atoms with Gasteiger partial charge < -0.3 is 14.8 Å². The number of hydrogen-bond donors (Lipinski definition) is 1. The van der Waals surface area contributed by atoms with Crippen LogP contribution in [-0.2, 0) is 9.47 Å². The summed E-state index contributed by atoms with van der Waals surface area (Å²) in [5.74, 6) is 0. The molecule has 19 heavy (non-hydrogen) atoms. The lowest BCUT2D eigenvalue weighted by atomic mass is 9.91. The highest BCUT2D eigenvalue weighted by Gasteiger charge is 2.23. The van der Waals surface area contributed by atoms with Crippen LogP contribution in [0.4, 0.5) is 0 Å². The van der Waals surface area contributed by atoms with E-state index in [1.807, 2.05) is 0 Å². The lowest BCUT2D eigenvalue weighted by molar-refractivity contribution is 0.0864. The minimum absolute atomic E-state index is 0.168. The first-order chi connectivity index (χ1) is 8.70. The summed E-state index contributed by atoms with van der Waals surface area (Å²) in [6.07, 6.45) is 0. The summed E-state index contributed by atoms with van der Waals surface area (Å²) < 4.78 is 10.4. The van der Waals surface area contributed by atoms with Crippen molar-refractivity contribution >= 4 is 0 Å². The molecule has 0 fully saturated rings. The van der Waals surface area contributed by atoms with Gasteiger partial charge in [-0.3, -0.25) is 4.90 Å². The average molecular weight is 274 g/mol. The average Bonchev–Trinajstić information content (AvgIpc) is 2.29. The molecular weight excluding hydrogens is 240 g/mol. The molecule has 0 radical (unpaired) electrons. The van der Waals surface area contributed by atoms with Gasteiger partial charge in [-0.25, -0.2) is 0 Å². The fourth-order valence-electron chi connectivity index (χ4n) is 1.88. The molecule has 0 rings (SSSR count). The number of rotatable bonds is 10. The summed E-state index contributed by atoms with van der Waals surface area (Å²) in [6.45, 7) is 16.7.